The van der Waals surface area contributed by atoms with E-state index in [4.69, 9.17) is 11.6 Å². The number of likely N-dealkylation sites (N-methyl/N-ethyl adjacent to an activating group) is 1. The number of nitrogens with one attached hydrogen (secondary N) is 1. The standard InChI is InChI=1S/C22H24ClN3O3/c1-2-25-12-13-26(22(29)21(25)28)15-20(27)24-19(17-6-4-3-5-7-17)14-16-8-10-18(23)11-9-16/h3-11,19H,2,12-15H2,1H3,(H,24,27). The van der Waals surface area contributed by atoms with E-state index in [9.17, 15) is 14.4 Å². The Hall–Kier alpha value is -2.86. The van der Waals surface area contributed by atoms with E-state index in [0.29, 0.717) is 31.1 Å². The minimum Gasteiger partial charge on any atom is -0.347 e. The zero-order chi connectivity index (χ0) is 20.8. The molecular formula is C22H24ClN3O3. The lowest BCUT2D eigenvalue weighted by molar-refractivity contribution is -0.156. The SMILES string of the molecule is CCN1CCN(CC(=O)NC(Cc2ccc(Cl)cc2)c2ccccc2)C(=O)C1=O. The highest BCUT2D eigenvalue weighted by molar-refractivity contribution is 6.35. The summed E-state index contributed by atoms with van der Waals surface area (Å²) in [6.45, 7) is 2.99. The topological polar surface area (TPSA) is 69.7 Å². The maximum Gasteiger partial charge on any atom is 0.312 e. The molecule has 0 bridgehead atoms. The molecular weight excluding hydrogens is 390 g/mol. The second kappa shape index (κ2) is 9.56. The summed E-state index contributed by atoms with van der Waals surface area (Å²) in [6.07, 6.45) is 0.587. The van der Waals surface area contributed by atoms with E-state index < -0.39 is 11.8 Å². The molecule has 1 aliphatic rings. The number of nitrogens with zero attached hydrogens (tertiary/aromatic N) is 2. The van der Waals surface area contributed by atoms with Crippen LogP contribution in [0, 0.1) is 0 Å². The molecule has 152 valence electrons. The first kappa shape index (κ1) is 20.9. The molecule has 1 atom stereocenters. The van der Waals surface area contributed by atoms with E-state index in [-0.39, 0.29) is 18.5 Å². The highest BCUT2D eigenvalue weighted by atomic mass is 35.5. The highest BCUT2D eigenvalue weighted by Gasteiger charge is 2.32. The number of amides is 3. The van der Waals surface area contributed by atoms with Gasteiger partial charge in [-0.2, -0.15) is 0 Å². The van der Waals surface area contributed by atoms with Gasteiger partial charge in [0, 0.05) is 24.7 Å². The fraction of sp³-hybridized carbons (Fsp3) is 0.318. The van der Waals surface area contributed by atoms with Crippen LogP contribution in [0.1, 0.15) is 24.1 Å². The van der Waals surface area contributed by atoms with Crippen molar-refractivity contribution in [3.8, 4) is 0 Å². The average Bonchev–Trinajstić information content (AvgIpc) is 2.73. The normalized spacial score (nSPS) is 15.4. The molecule has 2 aromatic carbocycles. The van der Waals surface area contributed by atoms with Gasteiger partial charge in [0.2, 0.25) is 5.91 Å². The number of hydrogen-bond acceptors (Lipinski definition) is 3. The number of halogens is 1. The molecule has 0 spiro atoms. The van der Waals surface area contributed by atoms with Crippen LogP contribution in [0.2, 0.25) is 5.02 Å². The van der Waals surface area contributed by atoms with Crippen LogP contribution >= 0.6 is 11.6 Å². The third-order valence-corrected chi connectivity index (χ3v) is 5.26. The van der Waals surface area contributed by atoms with Crippen molar-refractivity contribution < 1.29 is 14.4 Å². The zero-order valence-corrected chi connectivity index (χ0v) is 17.1. The van der Waals surface area contributed by atoms with Gasteiger partial charge in [-0.3, -0.25) is 14.4 Å². The Kier molecular flexibility index (Phi) is 6.88. The van der Waals surface area contributed by atoms with E-state index >= 15 is 0 Å². The molecule has 3 rings (SSSR count). The Bertz CT molecular complexity index is 871. The molecule has 0 aromatic heterocycles. The lowest BCUT2D eigenvalue weighted by Crippen LogP contribution is -2.56. The van der Waals surface area contributed by atoms with E-state index in [0.717, 1.165) is 11.1 Å². The largest absolute Gasteiger partial charge is 0.347 e. The van der Waals surface area contributed by atoms with E-state index in [2.05, 4.69) is 5.32 Å². The minimum absolute atomic E-state index is 0.133. The molecule has 1 N–H and O–H groups in total. The summed E-state index contributed by atoms with van der Waals surface area (Å²) in [5.41, 5.74) is 2.00. The summed E-state index contributed by atoms with van der Waals surface area (Å²) in [5.74, 6) is -1.46. The Morgan fingerprint density at radius 3 is 2.28 bits per heavy atom. The predicted molar refractivity (Wildman–Crippen MR) is 111 cm³/mol. The van der Waals surface area contributed by atoms with Crippen LogP contribution in [0.3, 0.4) is 0 Å². The van der Waals surface area contributed by atoms with Crippen molar-refractivity contribution in [3.63, 3.8) is 0 Å². The summed E-state index contributed by atoms with van der Waals surface area (Å²) >= 11 is 5.97. The van der Waals surface area contributed by atoms with Crippen LogP contribution in [0.5, 0.6) is 0 Å². The molecule has 1 heterocycles. The number of rotatable bonds is 7. The molecule has 1 aliphatic heterocycles. The second-order valence-corrected chi connectivity index (χ2v) is 7.41. The van der Waals surface area contributed by atoms with E-state index in [1.807, 2.05) is 61.5 Å². The first-order valence-corrected chi connectivity index (χ1v) is 10.0. The summed E-state index contributed by atoms with van der Waals surface area (Å²) in [7, 11) is 0. The maximum absolute atomic E-state index is 12.7. The van der Waals surface area contributed by atoms with Crippen LogP contribution in [0.4, 0.5) is 0 Å². The van der Waals surface area contributed by atoms with E-state index in [1.165, 1.54) is 9.80 Å². The average molecular weight is 414 g/mol. The highest BCUT2D eigenvalue weighted by Crippen LogP contribution is 2.20. The molecule has 0 aliphatic carbocycles. The second-order valence-electron chi connectivity index (χ2n) is 6.97. The van der Waals surface area contributed by atoms with Gasteiger partial charge in [-0.1, -0.05) is 54.1 Å². The monoisotopic (exact) mass is 413 g/mol. The minimum atomic E-state index is -0.623. The van der Waals surface area contributed by atoms with Gasteiger partial charge in [0.05, 0.1) is 6.04 Å². The summed E-state index contributed by atoms with van der Waals surface area (Å²) < 4.78 is 0. The number of hydrogen-bond donors (Lipinski definition) is 1. The van der Waals surface area contributed by atoms with Crippen LogP contribution in [0.15, 0.2) is 54.6 Å². The van der Waals surface area contributed by atoms with Gasteiger partial charge in [0.1, 0.15) is 6.54 Å². The molecule has 1 fully saturated rings. The van der Waals surface area contributed by atoms with Gasteiger partial charge >= 0.3 is 11.8 Å². The quantitative estimate of drug-likeness (QED) is 0.709. The lowest BCUT2D eigenvalue weighted by atomic mass is 9.99. The van der Waals surface area contributed by atoms with Gasteiger partial charge in [0.15, 0.2) is 0 Å². The Labute approximate surface area is 175 Å². The van der Waals surface area contributed by atoms with Crippen LogP contribution in [0.25, 0.3) is 0 Å². The van der Waals surface area contributed by atoms with Crippen LogP contribution < -0.4 is 5.32 Å². The van der Waals surface area contributed by atoms with Crippen molar-refractivity contribution in [2.24, 2.45) is 0 Å². The van der Waals surface area contributed by atoms with Gasteiger partial charge in [-0.05, 0) is 36.6 Å². The molecule has 7 heteroatoms. The number of carbonyl (C=O) groups excluding carboxylic acids is 3. The Morgan fingerprint density at radius 2 is 1.62 bits per heavy atom. The lowest BCUT2D eigenvalue weighted by Gasteiger charge is -2.33. The van der Waals surface area contributed by atoms with Crippen molar-refractivity contribution >= 4 is 29.3 Å². The fourth-order valence-corrected chi connectivity index (χ4v) is 3.50. The number of carbonyl (C=O) groups is 3. The van der Waals surface area contributed by atoms with Gasteiger partial charge < -0.3 is 15.1 Å². The third kappa shape index (κ3) is 5.35. The van der Waals surface area contributed by atoms with Crippen LogP contribution in [-0.2, 0) is 20.8 Å². The third-order valence-electron chi connectivity index (χ3n) is 5.00. The van der Waals surface area contributed by atoms with Crippen molar-refractivity contribution in [3.05, 3.63) is 70.7 Å². The molecule has 1 unspecified atom stereocenters. The summed E-state index contributed by atoms with van der Waals surface area (Å²) in [6, 6.07) is 16.9. The Balaban J connectivity index is 1.69. The first-order valence-electron chi connectivity index (χ1n) is 9.65. The number of piperazine rings is 1. The van der Waals surface area contributed by atoms with Crippen molar-refractivity contribution in [2.75, 3.05) is 26.2 Å². The van der Waals surface area contributed by atoms with Gasteiger partial charge in [-0.25, -0.2) is 0 Å². The van der Waals surface area contributed by atoms with Crippen molar-refractivity contribution in [2.45, 2.75) is 19.4 Å². The van der Waals surface area contributed by atoms with Crippen molar-refractivity contribution in [1.82, 2.24) is 15.1 Å². The van der Waals surface area contributed by atoms with Crippen LogP contribution in [-0.4, -0.2) is 53.7 Å². The molecule has 0 radical (unpaired) electrons. The van der Waals surface area contributed by atoms with Crippen molar-refractivity contribution in [1.29, 1.82) is 0 Å². The van der Waals surface area contributed by atoms with Gasteiger partial charge in [-0.15, -0.1) is 0 Å². The Morgan fingerprint density at radius 1 is 1.00 bits per heavy atom. The summed E-state index contributed by atoms with van der Waals surface area (Å²) in [4.78, 5) is 39.8. The molecule has 29 heavy (non-hydrogen) atoms. The smallest absolute Gasteiger partial charge is 0.312 e. The molecule has 6 nitrogen and oxygen atoms in total. The molecule has 1 saturated heterocycles. The molecule has 2 aromatic rings. The predicted octanol–water partition coefficient (Wildman–Crippen LogP) is 2.43. The molecule has 0 saturated carbocycles. The maximum atomic E-state index is 12.7. The van der Waals surface area contributed by atoms with Gasteiger partial charge in [0.25, 0.3) is 0 Å². The number of benzene rings is 2. The summed E-state index contributed by atoms with van der Waals surface area (Å²) in [5, 5.41) is 3.67. The zero-order valence-electron chi connectivity index (χ0n) is 16.3. The molecule has 3 amide bonds. The van der Waals surface area contributed by atoms with E-state index in [1.54, 1.807) is 0 Å². The first-order chi connectivity index (χ1) is 14.0. The fourth-order valence-electron chi connectivity index (χ4n) is 3.37.